The van der Waals surface area contributed by atoms with E-state index in [1.165, 1.54) is 5.56 Å². The van der Waals surface area contributed by atoms with Crippen molar-refractivity contribution in [3.05, 3.63) is 29.6 Å². The number of rotatable bonds is 2. The Hall–Kier alpha value is -1.40. The van der Waals surface area contributed by atoms with Crippen LogP contribution in [0.1, 0.15) is 31.0 Å². The normalized spacial score (nSPS) is 19.0. The zero-order chi connectivity index (χ0) is 11.4. The van der Waals surface area contributed by atoms with Gasteiger partial charge in [-0.05, 0) is 30.9 Å². The molecule has 0 aromatic carbocycles. The second-order valence-electron chi connectivity index (χ2n) is 4.21. The van der Waals surface area contributed by atoms with E-state index in [9.17, 15) is 5.26 Å². The van der Waals surface area contributed by atoms with Gasteiger partial charge in [0.15, 0.2) is 0 Å². The van der Waals surface area contributed by atoms with Gasteiger partial charge < -0.3 is 4.74 Å². The van der Waals surface area contributed by atoms with Crippen LogP contribution in [0.2, 0.25) is 0 Å². The Morgan fingerprint density at radius 1 is 1.44 bits per heavy atom. The van der Waals surface area contributed by atoms with Crippen molar-refractivity contribution in [2.75, 3.05) is 13.2 Å². The van der Waals surface area contributed by atoms with E-state index in [1.807, 2.05) is 12.3 Å². The molecular formula is C13H16N2O. The molecular weight excluding hydrogens is 200 g/mol. The van der Waals surface area contributed by atoms with E-state index < -0.39 is 5.41 Å². The van der Waals surface area contributed by atoms with Crippen molar-refractivity contribution >= 4 is 0 Å². The summed E-state index contributed by atoms with van der Waals surface area (Å²) in [5.41, 5.74) is 1.68. The van der Waals surface area contributed by atoms with Gasteiger partial charge in [0, 0.05) is 19.4 Å². The average Bonchev–Trinajstić information content (AvgIpc) is 2.39. The molecule has 1 aromatic heterocycles. The van der Waals surface area contributed by atoms with Crippen LogP contribution in [-0.4, -0.2) is 18.2 Å². The second kappa shape index (κ2) is 4.63. The lowest BCUT2D eigenvalue weighted by Crippen LogP contribution is -2.33. The molecule has 3 heteroatoms. The third kappa shape index (κ3) is 1.94. The Morgan fingerprint density at radius 3 is 2.69 bits per heavy atom. The van der Waals surface area contributed by atoms with E-state index >= 15 is 0 Å². The highest BCUT2D eigenvalue weighted by atomic mass is 16.5. The monoisotopic (exact) mass is 216 g/mol. The molecule has 0 spiro atoms. The third-order valence-corrected chi connectivity index (χ3v) is 3.28. The molecule has 3 nitrogen and oxygen atoms in total. The molecule has 2 rings (SSSR count). The van der Waals surface area contributed by atoms with Crippen molar-refractivity contribution in [1.82, 2.24) is 4.98 Å². The molecule has 2 heterocycles. The largest absolute Gasteiger partial charge is 0.381 e. The molecule has 1 aromatic rings. The van der Waals surface area contributed by atoms with Gasteiger partial charge in [-0.3, -0.25) is 4.98 Å². The van der Waals surface area contributed by atoms with E-state index in [1.54, 1.807) is 0 Å². The maximum atomic E-state index is 9.38. The van der Waals surface area contributed by atoms with E-state index in [0.29, 0.717) is 13.2 Å². The molecule has 0 bridgehead atoms. The molecule has 0 amide bonds. The van der Waals surface area contributed by atoms with Crippen LogP contribution in [0, 0.1) is 11.3 Å². The van der Waals surface area contributed by atoms with Crippen molar-refractivity contribution in [3.8, 4) is 6.07 Å². The molecule has 84 valence electrons. The zero-order valence-corrected chi connectivity index (χ0v) is 9.57. The number of pyridine rings is 1. The van der Waals surface area contributed by atoms with Crippen LogP contribution in [0.5, 0.6) is 0 Å². The summed E-state index contributed by atoms with van der Waals surface area (Å²) < 4.78 is 5.31. The van der Waals surface area contributed by atoms with Crippen LogP contribution in [0.4, 0.5) is 0 Å². The molecule has 0 radical (unpaired) electrons. The molecule has 0 saturated carbocycles. The highest BCUT2D eigenvalue weighted by Crippen LogP contribution is 2.32. The summed E-state index contributed by atoms with van der Waals surface area (Å²) in [6.45, 7) is 3.42. The highest BCUT2D eigenvalue weighted by Gasteiger charge is 2.35. The number of aryl methyl sites for hydroxylation is 1. The van der Waals surface area contributed by atoms with Crippen molar-refractivity contribution in [3.63, 3.8) is 0 Å². The number of ether oxygens (including phenoxy) is 1. The minimum absolute atomic E-state index is 0.426. The summed E-state index contributed by atoms with van der Waals surface area (Å²) >= 11 is 0. The summed E-state index contributed by atoms with van der Waals surface area (Å²) in [4.78, 5) is 4.44. The SMILES string of the molecule is CCc1ccc(C2(C#N)CCOCC2)nc1. The predicted octanol–water partition coefficient (Wildman–Crippen LogP) is 2.22. The molecule has 0 atom stereocenters. The first kappa shape index (κ1) is 11.1. The molecule has 0 N–H and O–H groups in total. The molecule has 1 fully saturated rings. The first-order chi connectivity index (χ1) is 7.80. The smallest absolute Gasteiger partial charge is 0.104 e. The van der Waals surface area contributed by atoms with Crippen LogP contribution in [0.3, 0.4) is 0 Å². The molecule has 0 aliphatic carbocycles. The fourth-order valence-electron chi connectivity index (χ4n) is 2.06. The maximum absolute atomic E-state index is 9.38. The quantitative estimate of drug-likeness (QED) is 0.761. The maximum Gasteiger partial charge on any atom is 0.104 e. The van der Waals surface area contributed by atoms with E-state index in [0.717, 1.165) is 25.0 Å². The molecule has 1 aliphatic heterocycles. The highest BCUT2D eigenvalue weighted by molar-refractivity contribution is 5.28. The first-order valence-corrected chi connectivity index (χ1v) is 5.75. The number of hydrogen-bond acceptors (Lipinski definition) is 3. The molecule has 1 aliphatic rings. The Labute approximate surface area is 96.1 Å². The fourth-order valence-corrected chi connectivity index (χ4v) is 2.06. The van der Waals surface area contributed by atoms with Gasteiger partial charge in [0.2, 0.25) is 0 Å². The van der Waals surface area contributed by atoms with Gasteiger partial charge in [-0.25, -0.2) is 0 Å². The second-order valence-corrected chi connectivity index (χ2v) is 4.21. The predicted molar refractivity (Wildman–Crippen MR) is 61.0 cm³/mol. The van der Waals surface area contributed by atoms with Gasteiger partial charge >= 0.3 is 0 Å². The summed E-state index contributed by atoms with van der Waals surface area (Å²) in [6.07, 6.45) is 4.36. The lowest BCUT2D eigenvalue weighted by molar-refractivity contribution is 0.0663. The molecule has 16 heavy (non-hydrogen) atoms. The van der Waals surface area contributed by atoms with Gasteiger partial charge in [-0.2, -0.15) is 5.26 Å². The number of aromatic nitrogens is 1. The van der Waals surface area contributed by atoms with Crippen LogP contribution in [0.15, 0.2) is 18.3 Å². The van der Waals surface area contributed by atoms with E-state index in [2.05, 4.69) is 24.0 Å². The Balaban J connectivity index is 2.29. The van der Waals surface area contributed by atoms with Crippen LogP contribution in [0.25, 0.3) is 0 Å². The van der Waals surface area contributed by atoms with Crippen LogP contribution in [-0.2, 0) is 16.6 Å². The lowest BCUT2D eigenvalue weighted by atomic mass is 9.78. The molecule has 1 saturated heterocycles. The lowest BCUT2D eigenvalue weighted by Gasteiger charge is -2.30. The summed E-state index contributed by atoms with van der Waals surface area (Å²) in [6, 6.07) is 6.49. The summed E-state index contributed by atoms with van der Waals surface area (Å²) in [5.74, 6) is 0. The summed E-state index contributed by atoms with van der Waals surface area (Å²) in [5, 5.41) is 9.38. The van der Waals surface area contributed by atoms with E-state index in [-0.39, 0.29) is 0 Å². The minimum atomic E-state index is -0.426. The van der Waals surface area contributed by atoms with Gasteiger partial charge in [0.25, 0.3) is 0 Å². The van der Waals surface area contributed by atoms with E-state index in [4.69, 9.17) is 4.74 Å². The Bertz CT molecular complexity index is 385. The zero-order valence-electron chi connectivity index (χ0n) is 9.57. The van der Waals surface area contributed by atoms with Crippen molar-refractivity contribution in [2.24, 2.45) is 0 Å². The standard InChI is InChI=1S/C13H16N2O/c1-2-11-3-4-12(15-9-11)13(10-14)5-7-16-8-6-13/h3-4,9H,2,5-8H2,1H3. The fraction of sp³-hybridized carbons (Fsp3) is 0.538. The minimum Gasteiger partial charge on any atom is -0.381 e. The first-order valence-electron chi connectivity index (χ1n) is 5.75. The van der Waals surface area contributed by atoms with Gasteiger partial charge in [0.1, 0.15) is 5.41 Å². The van der Waals surface area contributed by atoms with Crippen molar-refractivity contribution < 1.29 is 4.74 Å². The number of nitrogens with zero attached hydrogens (tertiary/aromatic N) is 2. The average molecular weight is 216 g/mol. The summed E-state index contributed by atoms with van der Waals surface area (Å²) in [7, 11) is 0. The van der Waals surface area contributed by atoms with Gasteiger partial charge in [-0.15, -0.1) is 0 Å². The topological polar surface area (TPSA) is 45.9 Å². The Morgan fingerprint density at radius 2 is 2.19 bits per heavy atom. The van der Waals surface area contributed by atoms with Crippen molar-refractivity contribution in [2.45, 2.75) is 31.6 Å². The molecule has 0 unspecified atom stereocenters. The van der Waals surface area contributed by atoms with Crippen LogP contribution >= 0.6 is 0 Å². The van der Waals surface area contributed by atoms with Gasteiger partial charge in [-0.1, -0.05) is 13.0 Å². The van der Waals surface area contributed by atoms with Gasteiger partial charge in [0.05, 0.1) is 11.8 Å². The third-order valence-electron chi connectivity index (χ3n) is 3.28. The Kier molecular flexibility index (Phi) is 3.21. The van der Waals surface area contributed by atoms with Crippen LogP contribution < -0.4 is 0 Å². The number of hydrogen-bond donors (Lipinski definition) is 0. The number of nitriles is 1. The van der Waals surface area contributed by atoms with Crippen molar-refractivity contribution in [1.29, 1.82) is 5.26 Å².